The Morgan fingerprint density at radius 3 is 2.48 bits per heavy atom. The molecule has 0 aliphatic rings. The van der Waals surface area contributed by atoms with Crippen molar-refractivity contribution in [3.05, 3.63) is 63.9 Å². The van der Waals surface area contributed by atoms with Crippen molar-refractivity contribution in [3.8, 4) is 5.75 Å². The van der Waals surface area contributed by atoms with Crippen LogP contribution in [0.15, 0.2) is 46.9 Å². The van der Waals surface area contributed by atoms with Crippen molar-refractivity contribution in [2.24, 2.45) is 0 Å². The molecule has 110 valence electrons. The van der Waals surface area contributed by atoms with Crippen molar-refractivity contribution in [3.63, 3.8) is 0 Å². The van der Waals surface area contributed by atoms with E-state index < -0.39 is 0 Å². The number of ether oxygens (including phenoxy) is 1. The molecule has 2 rings (SSSR count). The molecule has 0 saturated carbocycles. The van der Waals surface area contributed by atoms with E-state index in [1.807, 2.05) is 31.2 Å². The third-order valence-corrected chi connectivity index (χ3v) is 3.80. The Balaban J connectivity index is 2.10. The van der Waals surface area contributed by atoms with E-state index in [0.717, 1.165) is 11.3 Å². The van der Waals surface area contributed by atoms with Crippen LogP contribution in [0.3, 0.4) is 0 Å². The first-order valence-electron chi connectivity index (χ1n) is 6.41. The summed E-state index contributed by atoms with van der Waals surface area (Å²) in [6.07, 6.45) is 0. The smallest absolute Gasteiger partial charge is 0.252 e. The Bertz CT molecular complexity index is 643. The van der Waals surface area contributed by atoms with E-state index in [0.29, 0.717) is 10.0 Å². The first kappa shape index (κ1) is 15.5. The van der Waals surface area contributed by atoms with Gasteiger partial charge in [0.05, 0.1) is 18.7 Å². The summed E-state index contributed by atoms with van der Waals surface area (Å²) in [5.41, 5.74) is 1.36. The number of amides is 1. The highest BCUT2D eigenvalue weighted by Crippen LogP contribution is 2.21. The van der Waals surface area contributed by atoms with Crippen LogP contribution in [-0.2, 0) is 0 Å². The molecule has 0 aromatic heterocycles. The Hall–Kier alpha value is -1.88. The molecule has 1 N–H and O–H groups in total. The molecule has 1 unspecified atom stereocenters. The predicted molar refractivity (Wildman–Crippen MR) is 83.0 cm³/mol. The Labute approximate surface area is 131 Å². The van der Waals surface area contributed by atoms with Crippen LogP contribution in [0.4, 0.5) is 4.39 Å². The molecule has 2 aromatic rings. The topological polar surface area (TPSA) is 38.3 Å². The van der Waals surface area contributed by atoms with Crippen molar-refractivity contribution < 1.29 is 13.9 Å². The number of benzene rings is 2. The molecule has 0 radical (unpaired) electrons. The maximum absolute atomic E-state index is 13.0. The van der Waals surface area contributed by atoms with Crippen molar-refractivity contribution in [1.29, 1.82) is 0 Å². The summed E-state index contributed by atoms with van der Waals surface area (Å²) in [5, 5.41) is 2.88. The van der Waals surface area contributed by atoms with Gasteiger partial charge >= 0.3 is 0 Å². The van der Waals surface area contributed by atoms with Crippen LogP contribution >= 0.6 is 15.9 Å². The van der Waals surface area contributed by atoms with Crippen LogP contribution in [0.25, 0.3) is 0 Å². The highest BCUT2D eigenvalue weighted by Gasteiger charge is 2.14. The van der Waals surface area contributed by atoms with Gasteiger partial charge in [0, 0.05) is 4.47 Å². The van der Waals surface area contributed by atoms with E-state index in [4.69, 9.17) is 4.74 Å². The second-order valence-corrected chi connectivity index (χ2v) is 5.45. The Morgan fingerprint density at radius 1 is 1.24 bits per heavy atom. The van der Waals surface area contributed by atoms with E-state index in [1.165, 1.54) is 18.2 Å². The van der Waals surface area contributed by atoms with E-state index >= 15 is 0 Å². The summed E-state index contributed by atoms with van der Waals surface area (Å²) in [7, 11) is 1.60. The molecular formula is C16H15BrFNO2. The number of carbonyl (C=O) groups is 1. The zero-order valence-electron chi connectivity index (χ0n) is 11.7. The maximum Gasteiger partial charge on any atom is 0.252 e. The third-order valence-electron chi connectivity index (χ3n) is 3.14. The zero-order valence-corrected chi connectivity index (χ0v) is 13.3. The number of methoxy groups -OCH3 is 1. The van der Waals surface area contributed by atoms with Gasteiger partial charge in [-0.2, -0.15) is 0 Å². The molecule has 0 heterocycles. The van der Waals surface area contributed by atoms with Crippen LogP contribution in [0.1, 0.15) is 28.9 Å². The minimum Gasteiger partial charge on any atom is -0.497 e. The van der Waals surface area contributed by atoms with Gasteiger partial charge in [-0.15, -0.1) is 0 Å². The van der Waals surface area contributed by atoms with Gasteiger partial charge in [0.1, 0.15) is 11.6 Å². The fraction of sp³-hybridized carbons (Fsp3) is 0.188. The minimum absolute atomic E-state index is 0.166. The summed E-state index contributed by atoms with van der Waals surface area (Å²) < 4.78 is 18.6. The average Bonchev–Trinajstić information content (AvgIpc) is 2.47. The van der Waals surface area contributed by atoms with E-state index in [-0.39, 0.29) is 17.8 Å². The number of carbonyl (C=O) groups excluding carboxylic acids is 1. The number of hydrogen-bond donors (Lipinski definition) is 1. The summed E-state index contributed by atoms with van der Waals surface area (Å²) in [6, 6.07) is 11.3. The van der Waals surface area contributed by atoms with Crippen molar-refractivity contribution in [1.82, 2.24) is 5.32 Å². The van der Waals surface area contributed by atoms with Gasteiger partial charge in [-0.1, -0.05) is 12.1 Å². The van der Waals surface area contributed by atoms with Gasteiger partial charge in [0.25, 0.3) is 5.91 Å². The van der Waals surface area contributed by atoms with Gasteiger partial charge in [-0.05, 0) is 58.7 Å². The average molecular weight is 352 g/mol. The highest BCUT2D eigenvalue weighted by molar-refractivity contribution is 9.10. The van der Waals surface area contributed by atoms with E-state index in [1.54, 1.807) is 7.11 Å². The monoisotopic (exact) mass is 351 g/mol. The number of nitrogens with one attached hydrogen (secondary N) is 1. The molecule has 21 heavy (non-hydrogen) atoms. The second kappa shape index (κ2) is 6.72. The molecule has 0 aliphatic carbocycles. The lowest BCUT2D eigenvalue weighted by Crippen LogP contribution is -2.26. The van der Waals surface area contributed by atoms with Crippen molar-refractivity contribution in [2.45, 2.75) is 13.0 Å². The number of rotatable bonds is 4. The second-order valence-electron chi connectivity index (χ2n) is 4.59. The van der Waals surface area contributed by atoms with Crippen LogP contribution in [0, 0.1) is 5.82 Å². The molecule has 0 aliphatic heterocycles. The quantitative estimate of drug-likeness (QED) is 0.900. The maximum atomic E-state index is 13.0. The normalized spacial score (nSPS) is 11.8. The van der Waals surface area contributed by atoms with E-state index in [2.05, 4.69) is 21.2 Å². The lowest BCUT2D eigenvalue weighted by molar-refractivity contribution is 0.0939. The third kappa shape index (κ3) is 3.82. The lowest BCUT2D eigenvalue weighted by Gasteiger charge is -2.15. The molecule has 1 atom stereocenters. The molecule has 0 bridgehead atoms. The molecule has 0 fully saturated rings. The van der Waals surface area contributed by atoms with Gasteiger partial charge in [0.15, 0.2) is 0 Å². The Morgan fingerprint density at radius 2 is 1.90 bits per heavy atom. The molecule has 5 heteroatoms. The van der Waals surface area contributed by atoms with Gasteiger partial charge in [-0.3, -0.25) is 4.79 Å². The molecule has 0 saturated heterocycles. The fourth-order valence-electron chi connectivity index (χ4n) is 1.92. The largest absolute Gasteiger partial charge is 0.497 e. The minimum atomic E-state index is -0.387. The summed E-state index contributed by atoms with van der Waals surface area (Å²) in [5.74, 6) is 0.116. The van der Waals surface area contributed by atoms with Gasteiger partial charge < -0.3 is 10.1 Å². The predicted octanol–water partition coefficient (Wildman–Crippen LogP) is 4.09. The molecule has 2 aromatic carbocycles. The van der Waals surface area contributed by atoms with Crippen LogP contribution in [-0.4, -0.2) is 13.0 Å². The van der Waals surface area contributed by atoms with Crippen molar-refractivity contribution >= 4 is 21.8 Å². The fourth-order valence-corrected chi connectivity index (χ4v) is 2.45. The van der Waals surface area contributed by atoms with Gasteiger partial charge in [-0.25, -0.2) is 4.39 Å². The lowest BCUT2D eigenvalue weighted by atomic mass is 10.1. The van der Waals surface area contributed by atoms with E-state index in [9.17, 15) is 9.18 Å². The Kier molecular flexibility index (Phi) is 4.96. The summed E-state index contributed by atoms with van der Waals surface area (Å²) in [4.78, 5) is 12.2. The van der Waals surface area contributed by atoms with Crippen LogP contribution in [0.2, 0.25) is 0 Å². The van der Waals surface area contributed by atoms with Gasteiger partial charge in [0.2, 0.25) is 0 Å². The first-order valence-corrected chi connectivity index (χ1v) is 7.20. The molecule has 0 spiro atoms. The zero-order chi connectivity index (χ0) is 15.4. The van der Waals surface area contributed by atoms with Crippen LogP contribution < -0.4 is 10.1 Å². The van der Waals surface area contributed by atoms with Crippen LogP contribution in [0.5, 0.6) is 5.75 Å². The van der Waals surface area contributed by atoms with Crippen molar-refractivity contribution in [2.75, 3.05) is 7.11 Å². The first-order chi connectivity index (χ1) is 10.0. The highest BCUT2D eigenvalue weighted by atomic mass is 79.9. The standard InChI is InChI=1S/C16H15BrFNO2/c1-10(11-3-6-13(21-2)7-4-11)19-16(20)14-8-5-12(18)9-15(14)17/h3-10H,1-2H3,(H,19,20). The molecule has 3 nitrogen and oxygen atoms in total. The number of halogens is 2. The molecule has 1 amide bonds. The molecular weight excluding hydrogens is 337 g/mol. The SMILES string of the molecule is COc1ccc(C(C)NC(=O)c2ccc(F)cc2Br)cc1. The number of hydrogen-bond acceptors (Lipinski definition) is 2. The summed E-state index contributed by atoms with van der Waals surface area (Å²) in [6.45, 7) is 1.89. The summed E-state index contributed by atoms with van der Waals surface area (Å²) >= 11 is 3.20.